The van der Waals surface area contributed by atoms with Gasteiger partial charge in [0.25, 0.3) is 0 Å². The van der Waals surface area contributed by atoms with Crippen molar-refractivity contribution >= 4 is 5.69 Å². The number of hydrogen-bond donors (Lipinski definition) is 2. The molecule has 0 spiro atoms. The summed E-state index contributed by atoms with van der Waals surface area (Å²) in [5.41, 5.74) is 0.980. The lowest BCUT2D eigenvalue weighted by Crippen LogP contribution is -2.30. The Kier molecular flexibility index (Phi) is 4.61. The Morgan fingerprint density at radius 2 is 1.56 bits per heavy atom. The molecular weight excluding hydrogens is 226 g/mol. The Bertz CT molecular complexity index is 445. The molecule has 0 aromatic heterocycles. The first-order valence-electron chi connectivity index (χ1n) is 5.99. The van der Waals surface area contributed by atoms with Crippen LogP contribution in [0.5, 0.6) is 5.75 Å². The number of para-hydroxylation sites is 2. The Hall–Kier alpha value is -2.00. The SMILES string of the molecule is OCC(COc1ccccc1)Nc1ccccc1. The van der Waals surface area contributed by atoms with Crippen LogP contribution in [0.3, 0.4) is 0 Å². The number of anilines is 1. The first-order valence-corrected chi connectivity index (χ1v) is 5.99. The monoisotopic (exact) mass is 243 g/mol. The van der Waals surface area contributed by atoms with Crippen LogP contribution in [0.15, 0.2) is 60.7 Å². The number of rotatable bonds is 6. The Morgan fingerprint density at radius 1 is 0.944 bits per heavy atom. The van der Waals surface area contributed by atoms with Crippen molar-refractivity contribution in [3.8, 4) is 5.75 Å². The normalized spacial score (nSPS) is 11.8. The quantitative estimate of drug-likeness (QED) is 0.819. The lowest BCUT2D eigenvalue weighted by atomic mass is 10.2. The van der Waals surface area contributed by atoms with Crippen LogP contribution >= 0.6 is 0 Å². The molecule has 0 radical (unpaired) electrons. The number of ether oxygens (including phenoxy) is 1. The van der Waals surface area contributed by atoms with Gasteiger partial charge in [0, 0.05) is 5.69 Å². The minimum Gasteiger partial charge on any atom is -0.491 e. The summed E-state index contributed by atoms with van der Waals surface area (Å²) in [7, 11) is 0. The van der Waals surface area contributed by atoms with Crippen molar-refractivity contribution in [3.05, 3.63) is 60.7 Å². The predicted octanol–water partition coefficient (Wildman–Crippen LogP) is 2.54. The van der Waals surface area contributed by atoms with E-state index in [0.717, 1.165) is 11.4 Å². The van der Waals surface area contributed by atoms with E-state index >= 15 is 0 Å². The van der Waals surface area contributed by atoms with E-state index in [9.17, 15) is 5.11 Å². The van der Waals surface area contributed by atoms with Crippen LogP contribution in [-0.4, -0.2) is 24.4 Å². The molecule has 0 bridgehead atoms. The number of aliphatic hydroxyl groups excluding tert-OH is 1. The van der Waals surface area contributed by atoms with E-state index < -0.39 is 0 Å². The van der Waals surface area contributed by atoms with Crippen LogP contribution in [0.1, 0.15) is 0 Å². The highest BCUT2D eigenvalue weighted by Gasteiger charge is 2.07. The predicted molar refractivity (Wildman–Crippen MR) is 72.9 cm³/mol. The molecule has 2 N–H and O–H groups in total. The Balaban J connectivity index is 1.86. The fourth-order valence-corrected chi connectivity index (χ4v) is 1.62. The van der Waals surface area contributed by atoms with Crippen LogP contribution in [0.2, 0.25) is 0 Å². The second-order valence-electron chi connectivity index (χ2n) is 4.01. The van der Waals surface area contributed by atoms with E-state index in [0.29, 0.717) is 6.61 Å². The molecule has 2 aromatic carbocycles. The molecule has 0 amide bonds. The summed E-state index contributed by atoms with van der Waals surface area (Å²) in [6.45, 7) is 0.455. The van der Waals surface area contributed by atoms with Crippen molar-refractivity contribution in [2.24, 2.45) is 0 Å². The second-order valence-corrected chi connectivity index (χ2v) is 4.01. The molecule has 2 rings (SSSR count). The third-order valence-electron chi connectivity index (χ3n) is 2.56. The Labute approximate surface area is 107 Å². The number of aliphatic hydroxyl groups is 1. The van der Waals surface area contributed by atoms with Crippen LogP contribution in [0.25, 0.3) is 0 Å². The molecule has 3 nitrogen and oxygen atoms in total. The lowest BCUT2D eigenvalue weighted by Gasteiger charge is -2.18. The van der Waals surface area contributed by atoms with Crippen LogP contribution in [0, 0.1) is 0 Å². The molecule has 94 valence electrons. The molecule has 1 atom stereocenters. The standard InChI is InChI=1S/C15H17NO2/c17-11-14(16-13-7-3-1-4-8-13)12-18-15-9-5-2-6-10-15/h1-10,14,16-17H,11-12H2. The van der Waals surface area contributed by atoms with Gasteiger partial charge in [-0.05, 0) is 24.3 Å². The van der Waals surface area contributed by atoms with E-state index in [1.165, 1.54) is 0 Å². The molecule has 0 heterocycles. The van der Waals surface area contributed by atoms with Crippen LogP contribution in [0.4, 0.5) is 5.69 Å². The zero-order valence-corrected chi connectivity index (χ0v) is 10.1. The topological polar surface area (TPSA) is 41.5 Å². The first kappa shape index (κ1) is 12.5. The molecule has 0 saturated heterocycles. The molecule has 0 aliphatic rings. The fraction of sp³-hybridized carbons (Fsp3) is 0.200. The summed E-state index contributed by atoms with van der Waals surface area (Å²) in [6, 6.07) is 19.3. The zero-order chi connectivity index (χ0) is 12.6. The van der Waals surface area contributed by atoms with Crippen molar-refractivity contribution < 1.29 is 9.84 Å². The maximum absolute atomic E-state index is 9.32. The minimum atomic E-state index is -0.118. The molecular formula is C15H17NO2. The van der Waals surface area contributed by atoms with Gasteiger partial charge in [-0.25, -0.2) is 0 Å². The highest BCUT2D eigenvalue weighted by atomic mass is 16.5. The molecule has 2 aromatic rings. The van der Waals surface area contributed by atoms with Crippen molar-refractivity contribution in [1.29, 1.82) is 0 Å². The summed E-state index contributed by atoms with van der Waals surface area (Å²) in [6.07, 6.45) is 0. The number of nitrogens with one attached hydrogen (secondary N) is 1. The van der Waals surface area contributed by atoms with E-state index in [2.05, 4.69) is 5.32 Å². The third-order valence-corrected chi connectivity index (χ3v) is 2.56. The van der Waals surface area contributed by atoms with Gasteiger partial charge in [-0.15, -0.1) is 0 Å². The van der Waals surface area contributed by atoms with Gasteiger partial charge >= 0.3 is 0 Å². The highest BCUT2D eigenvalue weighted by molar-refractivity contribution is 5.43. The minimum absolute atomic E-state index is 0.0295. The molecule has 18 heavy (non-hydrogen) atoms. The van der Waals surface area contributed by atoms with Gasteiger partial charge in [0.15, 0.2) is 0 Å². The van der Waals surface area contributed by atoms with Gasteiger partial charge in [-0.1, -0.05) is 36.4 Å². The van der Waals surface area contributed by atoms with Crippen LogP contribution < -0.4 is 10.1 Å². The van der Waals surface area contributed by atoms with E-state index in [4.69, 9.17) is 4.74 Å². The van der Waals surface area contributed by atoms with Gasteiger partial charge in [0.05, 0.1) is 12.6 Å². The summed E-state index contributed by atoms with van der Waals surface area (Å²) < 4.78 is 5.61. The molecule has 0 fully saturated rings. The summed E-state index contributed by atoms with van der Waals surface area (Å²) >= 11 is 0. The molecule has 0 aliphatic carbocycles. The lowest BCUT2D eigenvalue weighted by molar-refractivity contribution is 0.216. The average Bonchev–Trinajstić information content (AvgIpc) is 2.45. The molecule has 1 unspecified atom stereocenters. The van der Waals surface area contributed by atoms with Crippen LogP contribution in [-0.2, 0) is 0 Å². The number of hydrogen-bond acceptors (Lipinski definition) is 3. The van der Waals surface area contributed by atoms with Gasteiger partial charge in [-0.2, -0.15) is 0 Å². The largest absolute Gasteiger partial charge is 0.491 e. The van der Waals surface area contributed by atoms with Crippen molar-refractivity contribution in [2.45, 2.75) is 6.04 Å². The van der Waals surface area contributed by atoms with E-state index in [1.54, 1.807) is 0 Å². The van der Waals surface area contributed by atoms with Gasteiger partial charge in [-0.3, -0.25) is 0 Å². The third kappa shape index (κ3) is 3.79. The average molecular weight is 243 g/mol. The maximum atomic E-state index is 9.32. The van der Waals surface area contributed by atoms with Crippen molar-refractivity contribution in [2.75, 3.05) is 18.5 Å². The molecule has 0 saturated carbocycles. The Morgan fingerprint density at radius 3 is 2.17 bits per heavy atom. The highest BCUT2D eigenvalue weighted by Crippen LogP contribution is 2.11. The zero-order valence-electron chi connectivity index (χ0n) is 10.1. The van der Waals surface area contributed by atoms with Crippen molar-refractivity contribution in [1.82, 2.24) is 0 Å². The molecule has 3 heteroatoms. The second kappa shape index (κ2) is 6.67. The van der Waals surface area contributed by atoms with E-state index in [1.807, 2.05) is 60.7 Å². The van der Waals surface area contributed by atoms with Gasteiger partial charge < -0.3 is 15.2 Å². The summed E-state index contributed by atoms with van der Waals surface area (Å²) in [5.74, 6) is 0.811. The van der Waals surface area contributed by atoms with E-state index in [-0.39, 0.29) is 12.6 Å². The molecule has 0 aliphatic heterocycles. The fourth-order valence-electron chi connectivity index (χ4n) is 1.62. The van der Waals surface area contributed by atoms with Gasteiger partial charge in [0.2, 0.25) is 0 Å². The maximum Gasteiger partial charge on any atom is 0.119 e. The van der Waals surface area contributed by atoms with Crippen molar-refractivity contribution in [3.63, 3.8) is 0 Å². The number of benzene rings is 2. The summed E-state index contributed by atoms with van der Waals surface area (Å²) in [4.78, 5) is 0. The summed E-state index contributed by atoms with van der Waals surface area (Å²) in [5, 5.41) is 12.5. The smallest absolute Gasteiger partial charge is 0.119 e. The van der Waals surface area contributed by atoms with Gasteiger partial charge in [0.1, 0.15) is 12.4 Å². The first-order chi connectivity index (χ1) is 8.88.